The van der Waals surface area contributed by atoms with Crippen LogP contribution in [-0.2, 0) is 4.79 Å². The third-order valence-corrected chi connectivity index (χ3v) is 3.14. The van der Waals surface area contributed by atoms with Gasteiger partial charge in [-0.15, -0.1) is 0 Å². The van der Waals surface area contributed by atoms with Crippen LogP contribution in [0.2, 0.25) is 0 Å². The largest absolute Gasteiger partial charge is 0.481 e. The van der Waals surface area contributed by atoms with E-state index in [-0.39, 0.29) is 5.92 Å². The van der Waals surface area contributed by atoms with Crippen LogP contribution in [0.4, 0.5) is 0 Å². The van der Waals surface area contributed by atoms with Crippen LogP contribution in [-0.4, -0.2) is 11.1 Å². The molecule has 1 saturated carbocycles. The molecule has 0 amide bonds. The number of carbonyl (C=O) groups is 1. The molecule has 2 nitrogen and oxygen atoms in total. The van der Waals surface area contributed by atoms with Gasteiger partial charge in [-0.2, -0.15) is 0 Å². The molecule has 13 heavy (non-hydrogen) atoms. The van der Waals surface area contributed by atoms with Crippen LogP contribution >= 0.6 is 0 Å². The highest BCUT2D eigenvalue weighted by Crippen LogP contribution is 2.32. The smallest absolute Gasteiger partial charge is 0.306 e. The van der Waals surface area contributed by atoms with Crippen molar-refractivity contribution in [1.82, 2.24) is 0 Å². The van der Waals surface area contributed by atoms with Crippen molar-refractivity contribution >= 4 is 5.97 Å². The van der Waals surface area contributed by atoms with Gasteiger partial charge in [0.05, 0.1) is 5.92 Å². The van der Waals surface area contributed by atoms with E-state index in [0.29, 0.717) is 5.92 Å². The van der Waals surface area contributed by atoms with Gasteiger partial charge in [-0.25, -0.2) is 0 Å². The fourth-order valence-corrected chi connectivity index (χ4v) is 2.41. The lowest BCUT2D eigenvalue weighted by Crippen LogP contribution is -2.25. The molecule has 76 valence electrons. The normalized spacial score (nSPS) is 21.3. The van der Waals surface area contributed by atoms with E-state index in [0.717, 1.165) is 25.7 Å². The Morgan fingerprint density at radius 1 is 1.38 bits per heavy atom. The van der Waals surface area contributed by atoms with Crippen molar-refractivity contribution in [2.75, 3.05) is 0 Å². The van der Waals surface area contributed by atoms with Gasteiger partial charge in [-0.05, 0) is 25.2 Å². The molecule has 1 aliphatic rings. The van der Waals surface area contributed by atoms with E-state index in [1.165, 1.54) is 19.3 Å². The standard InChI is InChI=1S/C11H20O2/c1-2-6-10(11(12)13)9-7-4-3-5-8-9/h9-10H,2-8H2,1H3,(H,12,13)/t10-/m0/s1. The summed E-state index contributed by atoms with van der Waals surface area (Å²) < 4.78 is 0. The van der Waals surface area contributed by atoms with Gasteiger partial charge in [0.15, 0.2) is 0 Å². The SMILES string of the molecule is CCC[C@H](C(=O)O)C1CCCCC1. The van der Waals surface area contributed by atoms with Crippen molar-refractivity contribution in [3.63, 3.8) is 0 Å². The number of hydrogen-bond acceptors (Lipinski definition) is 1. The molecular weight excluding hydrogens is 164 g/mol. The fourth-order valence-electron chi connectivity index (χ4n) is 2.41. The zero-order valence-electron chi connectivity index (χ0n) is 8.46. The van der Waals surface area contributed by atoms with E-state index in [4.69, 9.17) is 5.11 Å². The van der Waals surface area contributed by atoms with Crippen LogP contribution in [0.3, 0.4) is 0 Å². The molecule has 1 aliphatic carbocycles. The van der Waals surface area contributed by atoms with Crippen LogP contribution in [0.15, 0.2) is 0 Å². The van der Waals surface area contributed by atoms with Crippen molar-refractivity contribution < 1.29 is 9.90 Å². The minimum absolute atomic E-state index is 0.0645. The number of carboxylic acid groups (broad SMARTS) is 1. The topological polar surface area (TPSA) is 37.3 Å². The highest BCUT2D eigenvalue weighted by atomic mass is 16.4. The Morgan fingerprint density at radius 2 is 2.00 bits per heavy atom. The van der Waals surface area contributed by atoms with Gasteiger partial charge in [0.1, 0.15) is 0 Å². The number of hydrogen-bond donors (Lipinski definition) is 1. The van der Waals surface area contributed by atoms with E-state index in [2.05, 4.69) is 6.92 Å². The summed E-state index contributed by atoms with van der Waals surface area (Å²) in [7, 11) is 0. The molecule has 1 rings (SSSR count). The molecule has 0 aromatic heterocycles. The van der Waals surface area contributed by atoms with Gasteiger partial charge >= 0.3 is 5.97 Å². The molecule has 0 unspecified atom stereocenters. The molecule has 0 heterocycles. The van der Waals surface area contributed by atoms with Gasteiger partial charge in [-0.3, -0.25) is 4.79 Å². The summed E-state index contributed by atoms with van der Waals surface area (Å²) in [5.41, 5.74) is 0. The first-order valence-corrected chi connectivity index (χ1v) is 5.48. The lowest BCUT2D eigenvalue weighted by atomic mass is 9.78. The zero-order chi connectivity index (χ0) is 9.68. The number of aliphatic carboxylic acids is 1. The quantitative estimate of drug-likeness (QED) is 0.729. The van der Waals surface area contributed by atoms with Crippen molar-refractivity contribution in [1.29, 1.82) is 0 Å². The fraction of sp³-hybridized carbons (Fsp3) is 0.909. The molecule has 0 aromatic rings. The minimum atomic E-state index is -0.575. The number of rotatable bonds is 4. The number of carboxylic acids is 1. The van der Waals surface area contributed by atoms with Gasteiger partial charge in [0.2, 0.25) is 0 Å². The molecule has 0 spiro atoms. The first-order valence-electron chi connectivity index (χ1n) is 5.48. The Morgan fingerprint density at radius 3 is 2.46 bits per heavy atom. The predicted molar refractivity (Wildman–Crippen MR) is 52.6 cm³/mol. The molecule has 1 fully saturated rings. The summed E-state index contributed by atoms with van der Waals surface area (Å²) in [5, 5.41) is 9.06. The maximum atomic E-state index is 11.0. The van der Waals surface area contributed by atoms with Gasteiger partial charge in [0, 0.05) is 0 Å². The van der Waals surface area contributed by atoms with Crippen LogP contribution in [0.5, 0.6) is 0 Å². The Hall–Kier alpha value is -0.530. The third-order valence-electron chi connectivity index (χ3n) is 3.14. The highest BCUT2D eigenvalue weighted by Gasteiger charge is 2.28. The average molecular weight is 184 g/mol. The monoisotopic (exact) mass is 184 g/mol. The van der Waals surface area contributed by atoms with Crippen LogP contribution in [0, 0.1) is 11.8 Å². The molecule has 1 atom stereocenters. The van der Waals surface area contributed by atoms with Crippen molar-refractivity contribution in [2.45, 2.75) is 51.9 Å². The molecule has 2 heteroatoms. The summed E-state index contributed by atoms with van der Waals surface area (Å²) in [6.45, 7) is 2.07. The van der Waals surface area contributed by atoms with Crippen molar-refractivity contribution in [3.8, 4) is 0 Å². The Balaban J connectivity index is 2.46. The average Bonchev–Trinajstić information content (AvgIpc) is 2.15. The molecule has 1 N–H and O–H groups in total. The molecule has 0 aliphatic heterocycles. The first-order chi connectivity index (χ1) is 6.25. The third kappa shape index (κ3) is 3.02. The van der Waals surface area contributed by atoms with Crippen LogP contribution < -0.4 is 0 Å². The van der Waals surface area contributed by atoms with E-state index in [9.17, 15) is 4.79 Å². The maximum Gasteiger partial charge on any atom is 0.306 e. The second-order valence-electron chi connectivity index (χ2n) is 4.13. The van der Waals surface area contributed by atoms with Crippen LogP contribution in [0.25, 0.3) is 0 Å². The van der Waals surface area contributed by atoms with E-state index in [1.54, 1.807) is 0 Å². The zero-order valence-corrected chi connectivity index (χ0v) is 8.46. The summed E-state index contributed by atoms with van der Waals surface area (Å²) in [6.07, 6.45) is 7.90. The first kappa shape index (κ1) is 10.6. The summed E-state index contributed by atoms with van der Waals surface area (Å²) in [6, 6.07) is 0. The van der Waals surface area contributed by atoms with E-state index < -0.39 is 5.97 Å². The Kier molecular flexibility index (Phi) is 4.26. The lowest BCUT2D eigenvalue weighted by molar-refractivity contribution is -0.144. The van der Waals surface area contributed by atoms with Gasteiger partial charge in [-0.1, -0.05) is 32.6 Å². The molecule has 0 saturated heterocycles. The second kappa shape index (κ2) is 5.25. The van der Waals surface area contributed by atoms with Gasteiger partial charge in [0.25, 0.3) is 0 Å². The minimum Gasteiger partial charge on any atom is -0.481 e. The van der Waals surface area contributed by atoms with Crippen LogP contribution in [0.1, 0.15) is 51.9 Å². The molecule has 0 radical (unpaired) electrons. The highest BCUT2D eigenvalue weighted by molar-refractivity contribution is 5.70. The summed E-state index contributed by atoms with van der Waals surface area (Å²) >= 11 is 0. The van der Waals surface area contributed by atoms with E-state index >= 15 is 0 Å². The van der Waals surface area contributed by atoms with Gasteiger partial charge < -0.3 is 5.11 Å². The summed E-state index contributed by atoms with van der Waals surface area (Å²) in [4.78, 5) is 11.0. The summed E-state index contributed by atoms with van der Waals surface area (Å²) in [5.74, 6) is -0.176. The molecule has 0 bridgehead atoms. The van der Waals surface area contributed by atoms with Crippen molar-refractivity contribution in [2.24, 2.45) is 11.8 Å². The Labute approximate surface area is 80.3 Å². The van der Waals surface area contributed by atoms with Crippen molar-refractivity contribution in [3.05, 3.63) is 0 Å². The van der Waals surface area contributed by atoms with E-state index in [1.807, 2.05) is 0 Å². The second-order valence-corrected chi connectivity index (χ2v) is 4.13. The predicted octanol–water partition coefficient (Wildman–Crippen LogP) is 3.07. The lowest BCUT2D eigenvalue weighted by Gasteiger charge is -2.27. The molecule has 0 aromatic carbocycles. The Bertz CT molecular complexity index is 159. The maximum absolute atomic E-state index is 11.0. The molecular formula is C11H20O2.